The average Bonchev–Trinajstić information content (AvgIpc) is 2.29. The van der Waals surface area contributed by atoms with E-state index in [0.717, 1.165) is 5.56 Å². The Labute approximate surface area is 106 Å². The first kappa shape index (κ1) is 13.8. The van der Waals surface area contributed by atoms with E-state index in [1.54, 1.807) is 25.1 Å². The highest BCUT2D eigenvalue weighted by Gasteiger charge is 2.14. The molecule has 1 atom stereocenters. The van der Waals surface area contributed by atoms with Crippen LogP contribution in [0.4, 0.5) is 0 Å². The Morgan fingerprint density at radius 3 is 2.88 bits per heavy atom. The van der Waals surface area contributed by atoms with E-state index in [1.807, 2.05) is 6.92 Å². The maximum Gasteiger partial charge on any atom is 0.260 e. The molecule has 1 aromatic carbocycles. The second-order valence-electron chi connectivity index (χ2n) is 3.75. The number of amides is 1. The third-order valence-electron chi connectivity index (χ3n) is 2.25. The molecule has 0 fully saturated rings. The monoisotopic (exact) mass is 256 g/mol. The Bertz CT molecular complexity index is 396. The third-order valence-corrected chi connectivity index (χ3v) is 2.49. The van der Waals surface area contributed by atoms with Gasteiger partial charge in [-0.2, -0.15) is 0 Å². The predicted octanol–water partition coefficient (Wildman–Crippen LogP) is 1.49. The Morgan fingerprint density at radius 1 is 1.59 bits per heavy atom. The maximum atomic E-state index is 11.6. The van der Waals surface area contributed by atoms with Gasteiger partial charge in [0.25, 0.3) is 5.91 Å². The highest BCUT2D eigenvalue weighted by atomic mass is 35.5. The molecule has 4 nitrogen and oxygen atoms in total. The van der Waals surface area contributed by atoms with Gasteiger partial charge in [-0.1, -0.05) is 11.6 Å². The van der Waals surface area contributed by atoms with Crippen molar-refractivity contribution in [3.63, 3.8) is 0 Å². The average molecular weight is 257 g/mol. The van der Waals surface area contributed by atoms with Crippen LogP contribution in [0.25, 0.3) is 0 Å². The first-order valence-electron chi connectivity index (χ1n) is 5.45. The number of aryl methyl sites for hydroxylation is 1. The number of rotatable bonds is 5. The Kier molecular flexibility index (Phi) is 5.25. The molecule has 1 amide bonds. The minimum Gasteiger partial charge on any atom is -0.481 e. The zero-order chi connectivity index (χ0) is 12.8. The van der Waals surface area contributed by atoms with E-state index in [4.69, 9.17) is 22.1 Å². The van der Waals surface area contributed by atoms with Crippen LogP contribution in [0.3, 0.4) is 0 Å². The minimum absolute atomic E-state index is 0.176. The van der Waals surface area contributed by atoms with Gasteiger partial charge in [-0.05, 0) is 37.6 Å². The predicted molar refractivity (Wildman–Crippen MR) is 68.3 cm³/mol. The van der Waals surface area contributed by atoms with Crippen LogP contribution in [0.2, 0.25) is 5.02 Å². The van der Waals surface area contributed by atoms with E-state index in [-0.39, 0.29) is 5.91 Å². The largest absolute Gasteiger partial charge is 0.481 e. The number of benzene rings is 1. The summed E-state index contributed by atoms with van der Waals surface area (Å²) in [5.41, 5.74) is 6.20. The van der Waals surface area contributed by atoms with Gasteiger partial charge in [0, 0.05) is 18.1 Å². The lowest BCUT2D eigenvalue weighted by atomic mass is 10.2. The molecule has 0 aliphatic carbocycles. The molecule has 17 heavy (non-hydrogen) atoms. The summed E-state index contributed by atoms with van der Waals surface area (Å²) in [6.07, 6.45) is -0.554. The molecule has 94 valence electrons. The first-order chi connectivity index (χ1) is 8.04. The molecule has 1 unspecified atom stereocenters. The van der Waals surface area contributed by atoms with Crippen molar-refractivity contribution in [3.05, 3.63) is 28.8 Å². The molecule has 0 aromatic heterocycles. The van der Waals surface area contributed by atoms with Crippen molar-refractivity contribution in [3.8, 4) is 5.75 Å². The molecule has 0 saturated carbocycles. The Balaban J connectivity index is 2.61. The summed E-state index contributed by atoms with van der Waals surface area (Å²) in [7, 11) is 0. The number of carbonyl (C=O) groups excluding carboxylic acids is 1. The molecule has 5 heteroatoms. The molecule has 1 aromatic rings. The quantitative estimate of drug-likeness (QED) is 0.839. The summed E-state index contributed by atoms with van der Waals surface area (Å²) in [5, 5.41) is 3.32. The number of ether oxygens (including phenoxy) is 1. The van der Waals surface area contributed by atoms with Gasteiger partial charge in [-0.15, -0.1) is 0 Å². The highest BCUT2D eigenvalue weighted by Crippen LogP contribution is 2.22. The Morgan fingerprint density at radius 2 is 2.29 bits per heavy atom. The van der Waals surface area contributed by atoms with Crippen LogP contribution in [0.15, 0.2) is 18.2 Å². The smallest absolute Gasteiger partial charge is 0.260 e. The molecule has 0 saturated heterocycles. The molecular weight excluding hydrogens is 240 g/mol. The summed E-state index contributed by atoms with van der Waals surface area (Å²) in [4.78, 5) is 11.6. The molecule has 0 heterocycles. The zero-order valence-corrected chi connectivity index (χ0v) is 10.8. The van der Waals surface area contributed by atoms with Crippen LogP contribution < -0.4 is 15.8 Å². The van der Waals surface area contributed by atoms with E-state index in [9.17, 15) is 4.79 Å². The second-order valence-corrected chi connectivity index (χ2v) is 4.19. The second kappa shape index (κ2) is 6.47. The molecule has 0 aliphatic heterocycles. The van der Waals surface area contributed by atoms with Gasteiger partial charge in [-0.25, -0.2) is 0 Å². The Hall–Kier alpha value is -1.26. The van der Waals surface area contributed by atoms with Gasteiger partial charge in [0.1, 0.15) is 5.75 Å². The normalized spacial score (nSPS) is 12.0. The fourth-order valence-electron chi connectivity index (χ4n) is 1.33. The fourth-order valence-corrected chi connectivity index (χ4v) is 1.55. The van der Waals surface area contributed by atoms with Gasteiger partial charge in [0.05, 0.1) is 0 Å². The maximum absolute atomic E-state index is 11.6. The molecule has 0 bridgehead atoms. The summed E-state index contributed by atoms with van der Waals surface area (Å²) in [6.45, 7) is 4.44. The number of hydrogen-bond donors (Lipinski definition) is 2. The third kappa shape index (κ3) is 4.24. The van der Waals surface area contributed by atoms with Crippen LogP contribution in [-0.2, 0) is 4.79 Å². The molecule has 3 N–H and O–H groups in total. The van der Waals surface area contributed by atoms with Crippen molar-refractivity contribution in [1.29, 1.82) is 0 Å². The van der Waals surface area contributed by atoms with Crippen LogP contribution in [0, 0.1) is 6.92 Å². The van der Waals surface area contributed by atoms with Gasteiger partial charge in [0.2, 0.25) is 0 Å². The summed E-state index contributed by atoms with van der Waals surface area (Å²) >= 11 is 5.84. The van der Waals surface area contributed by atoms with Crippen molar-refractivity contribution in [2.45, 2.75) is 20.0 Å². The van der Waals surface area contributed by atoms with Gasteiger partial charge >= 0.3 is 0 Å². The van der Waals surface area contributed by atoms with Crippen LogP contribution in [0.1, 0.15) is 12.5 Å². The van der Waals surface area contributed by atoms with E-state index in [2.05, 4.69) is 5.32 Å². The van der Waals surface area contributed by atoms with Crippen molar-refractivity contribution in [2.75, 3.05) is 13.1 Å². The summed E-state index contributed by atoms with van der Waals surface area (Å²) < 4.78 is 5.55. The van der Waals surface area contributed by atoms with Crippen molar-refractivity contribution >= 4 is 17.5 Å². The van der Waals surface area contributed by atoms with Gasteiger partial charge in [-0.3, -0.25) is 4.79 Å². The number of nitrogens with one attached hydrogen (secondary N) is 1. The molecule has 0 aliphatic rings. The highest BCUT2D eigenvalue weighted by molar-refractivity contribution is 6.30. The van der Waals surface area contributed by atoms with Crippen LogP contribution >= 0.6 is 11.6 Å². The number of nitrogens with two attached hydrogens (primary N) is 1. The van der Waals surface area contributed by atoms with E-state index in [0.29, 0.717) is 23.9 Å². The lowest BCUT2D eigenvalue weighted by molar-refractivity contribution is -0.127. The zero-order valence-electron chi connectivity index (χ0n) is 10.00. The topological polar surface area (TPSA) is 64.3 Å². The van der Waals surface area contributed by atoms with E-state index in [1.165, 1.54) is 0 Å². The minimum atomic E-state index is -0.554. The first-order valence-corrected chi connectivity index (χ1v) is 5.83. The van der Waals surface area contributed by atoms with Gasteiger partial charge < -0.3 is 15.8 Å². The molecular formula is C12H17ClN2O2. The van der Waals surface area contributed by atoms with Crippen molar-refractivity contribution < 1.29 is 9.53 Å². The summed E-state index contributed by atoms with van der Waals surface area (Å²) in [6, 6.07) is 5.28. The SMILES string of the molecule is Cc1cc(Cl)ccc1OC(C)C(=O)NCCN. The fraction of sp³-hybridized carbons (Fsp3) is 0.417. The number of halogens is 1. The lowest BCUT2D eigenvalue weighted by Crippen LogP contribution is -2.38. The summed E-state index contributed by atoms with van der Waals surface area (Å²) in [5.74, 6) is 0.481. The molecule has 1 rings (SSSR count). The molecule has 0 radical (unpaired) electrons. The standard InChI is InChI=1S/C12H17ClN2O2/c1-8-7-10(13)3-4-11(8)17-9(2)12(16)15-6-5-14/h3-4,7,9H,5-6,14H2,1-2H3,(H,15,16). The number of hydrogen-bond acceptors (Lipinski definition) is 3. The van der Waals surface area contributed by atoms with Crippen molar-refractivity contribution in [2.24, 2.45) is 5.73 Å². The van der Waals surface area contributed by atoms with E-state index < -0.39 is 6.10 Å². The van der Waals surface area contributed by atoms with Crippen LogP contribution in [-0.4, -0.2) is 25.1 Å². The lowest BCUT2D eigenvalue weighted by Gasteiger charge is -2.16. The molecule has 0 spiro atoms. The van der Waals surface area contributed by atoms with Crippen LogP contribution in [0.5, 0.6) is 5.75 Å². The van der Waals surface area contributed by atoms with Gasteiger partial charge in [0.15, 0.2) is 6.10 Å². The number of carbonyl (C=O) groups is 1. The van der Waals surface area contributed by atoms with Crippen molar-refractivity contribution in [1.82, 2.24) is 5.32 Å². The van der Waals surface area contributed by atoms with E-state index >= 15 is 0 Å².